The molecular weight excluding hydrogens is 544 g/mol. The molecule has 7 aromatic carbocycles. The summed E-state index contributed by atoms with van der Waals surface area (Å²) in [5, 5.41) is 5.14. The van der Waals surface area contributed by atoms with Crippen LogP contribution in [-0.4, -0.2) is 4.40 Å². The number of anilines is 3. The quantitative estimate of drug-likeness (QED) is 0.204. The summed E-state index contributed by atoms with van der Waals surface area (Å²) in [6.45, 7) is 0. The van der Waals surface area contributed by atoms with Crippen LogP contribution in [0, 0.1) is 0 Å². The molecule has 45 heavy (non-hydrogen) atoms. The second-order valence-corrected chi connectivity index (χ2v) is 12.1. The first-order valence-electron chi connectivity index (χ1n) is 15.6. The molecule has 9 aromatic rings. The van der Waals surface area contributed by atoms with Gasteiger partial charge in [-0.05, 0) is 58.7 Å². The topological polar surface area (TPSA) is 7.65 Å². The van der Waals surface area contributed by atoms with Gasteiger partial charge in [0.05, 0.1) is 33.3 Å². The Balaban J connectivity index is 1.35. The summed E-state index contributed by atoms with van der Waals surface area (Å²) in [7, 11) is 0. The van der Waals surface area contributed by atoms with Crippen LogP contribution in [0.15, 0.2) is 170 Å². The number of nitrogens with zero attached hydrogens (tertiary/aromatic N) is 2. The number of rotatable bonds is 3. The molecule has 0 unspecified atom stereocenters. The van der Waals surface area contributed by atoms with Crippen molar-refractivity contribution < 1.29 is 0 Å². The highest BCUT2D eigenvalue weighted by Crippen LogP contribution is 2.58. The van der Waals surface area contributed by atoms with Crippen molar-refractivity contribution in [2.24, 2.45) is 0 Å². The number of para-hydroxylation sites is 4. The molecule has 10 rings (SSSR count). The Morgan fingerprint density at radius 1 is 0.378 bits per heavy atom. The smallest absolute Gasteiger partial charge is 0.0742 e. The molecule has 0 spiro atoms. The van der Waals surface area contributed by atoms with Gasteiger partial charge in [-0.15, -0.1) is 0 Å². The van der Waals surface area contributed by atoms with E-state index < -0.39 is 5.41 Å². The Morgan fingerprint density at radius 2 is 0.800 bits per heavy atom. The largest absolute Gasteiger partial charge is 0.310 e. The molecule has 0 aliphatic carbocycles. The lowest BCUT2D eigenvalue weighted by Crippen LogP contribution is -2.37. The highest BCUT2D eigenvalue weighted by molar-refractivity contribution is 6.24. The monoisotopic (exact) mass is 572 g/mol. The molecule has 0 N–H and O–H groups in total. The van der Waals surface area contributed by atoms with Gasteiger partial charge in [-0.25, -0.2) is 0 Å². The van der Waals surface area contributed by atoms with E-state index in [1.807, 2.05) is 0 Å². The van der Waals surface area contributed by atoms with Crippen molar-refractivity contribution in [2.75, 3.05) is 4.90 Å². The molecule has 0 saturated carbocycles. The van der Waals surface area contributed by atoms with E-state index in [0.717, 1.165) is 0 Å². The van der Waals surface area contributed by atoms with Crippen LogP contribution in [0.1, 0.15) is 22.3 Å². The lowest BCUT2D eigenvalue weighted by Gasteiger charge is -2.46. The summed E-state index contributed by atoms with van der Waals surface area (Å²) in [6, 6.07) is 62.5. The van der Waals surface area contributed by atoms with E-state index in [9.17, 15) is 0 Å². The van der Waals surface area contributed by atoms with E-state index in [0.29, 0.717) is 0 Å². The van der Waals surface area contributed by atoms with E-state index in [2.05, 4.69) is 179 Å². The second-order valence-electron chi connectivity index (χ2n) is 12.1. The molecule has 1 aliphatic heterocycles. The van der Waals surface area contributed by atoms with Crippen LogP contribution in [0.25, 0.3) is 38.1 Å². The van der Waals surface area contributed by atoms with Crippen molar-refractivity contribution in [3.05, 3.63) is 192 Å². The zero-order valence-electron chi connectivity index (χ0n) is 24.6. The van der Waals surface area contributed by atoms with Crippen LogP contribution < -0.4 is 4.90 Å². The van der Waals surface area contributed by atoms with Gasteiger partial charge in [0.25, 0.3) is 0 Å². The molecule has 0 amide bonds. The molecule has 0 fully saturated rings. The first-order chi connectivity index (χ1) is 22.4. The molecule has 0 radical (unpaired) electrons. The Bertz CT molecular complexity index is 2370. The van der Waals surface area contributed by atoms with Gasteiger partial charge in [0.15, 0.2) is 0 Å². The zero-order chi connectivity index (χ0) is 29.5. The summed E-state index contributed by atoms with van der Waals surface area (Å²) in [4.78, 5) is 2.50. The molecule has 3 heterocycles. The maximum atomic E-state index is 2.50. The highest BCUT2D eigenvalue weighted by atomic mass is 15.2. The maximum absolute atomic E-state index is 2.50. The molecule has 0 atom stereocenters. The summed E-state index contributed by atoms with van der Waals surface area (Å²) < 4.78 is 2.45. The molecule has 1 aliphatic rings. The summed E-state index contributed by atoms with van der Waals surface area (Å²) in [6.07, 6.45) is 0. The van der Waals surface area contributed by atoms with Crippen molar-refractivity contribution in [2.45, 2.75) is 5.41 Å². The number of aromatic nitrogens is 1. The standard InChI is InChI=1S/C43H28N2/c1-3-15-29(16-4-1)43(30-17-5-2-6-18-30)36-21-9-13-25-40(36)44(41-26-14-10-22-37(41)43)31-27-34-32-19-7-11-23-38(32)45-39-24-12-8-20-33(39)35(28-31)42(34)45/h1-28H. The minimum atomic E-state index is -0.476. The predicted molar refractivity (Wildman–Crippen MR) is 188 cm³/mol. The Kier molecular flexibility index (Phi) is 4.95. The fourth-order valence-electron chi connectivity index (χ4n) is 8.25. The molecule has 0 saturated heterocycles. The van der Waals surface area contributed by atoms with Gasteiger partial charge in [-0.2, -0.15) is 0 Å². The molecule has 2 aromatic heterocycles. The Hall–Kier alpha value is -5.86. The van der Waals surface area contributed by atoms with Gasteiger partial charge >= 0.3 is 0 Å². The van der Waals surface area contributed by atoms with Gasteiger partial charge < -0.3 is 9.30 Å². The number of fused-ring (bicyclic) bond motifs is 8. The Labute approximate surface area is 261 Å². The van der Waals surface area contributed by atoms with E-state index in [1.165, 1.54) is 77.4 Å². The third-order valence-corrected chi connectivity index (χ3v) is 9.96. The minimum absolute atomic E-state index is 0.476. The molecule has 2 heteroatoms. The fourth-order valence-corrected chi connectivity index (χ4v) is 8.25. The molecular formula is C43H28N2. The molecule has 0 bridgehead atoms. The first-order valence-corrected chi connectivity index (χ1v) is 15.6. The average molecular weight is 573 g/mol. The van der Waals surface area contributed by atoms with Crippen molar-refractivity contribution in [3.8, 4) is 0 Å². The normalized spacial score (nSPS) is 13.9. The first kappa shape index (κ1) is 24.6. The van der Waals surface area contributed by atoms with Crippen molar-refractivity contribution in [3.63, 3.8) is 0 Å². The van der Waals surface area contributed by atoms with Gasteiger partial charge in [-0.3, -0.25) is 0 Å². The van der Waals surface area contributed by atoms with E-state index >= 15 is 0 Å². The van der Waals surface area contributed by atoms with Gasteiger partial charge in [0, 0.05) is 27.2 Å². The number of benzene rings is 7. The van der Waals surface area contributed by atoms with Crippen molar-refractivity contribution >= 4 is 55.2 Å². The van der Waals surface area contributed by atoms with Crippen LogP contribution in [-0.2, 0) is 5.41 Å². The van der Waals surface area contributed by atoms with Crippen LogP contribution in [0.3, 0.4) is 0 Å². The number of hydrogen-bond donors (Lipinski definition) is 0. The summed E-state index contributed by atoms with van der Waals surface area (Å²) in [5.41, 5.74) is 12.0. The minimum Gasteiger partial charge on any atom is -0.310 e. The maximum Gasteiger partial charge on any atom is 0.0742 e. The Morgan fingerprint density at radius 3 is 1.31 bits per heavy atom. The van der Waals surface area contributed by atoms with Crippen LogP contribution in [0.2, 0.25) is 0 Å². The van der Waals surface area contributed by atoms with E-state index in [4.69, 9.17) is 0 Å². The van der Waals surface area contributed by atoms with Crippen molar-refractivity contribution in [1.29, 1.82) is 0 Å². The lowest BCUT2D eigenvalue weighted by molar-refractivity contribution is 0.731. The average Bonchev–Trinajstić information content (AvgIpc) is 3.63. The van der Waals surface area contributed by atoms with Crippen LogP contribution in [0.4, 0.5) is 17.1 Å². The van der Waals surface area contributed by atoms with Gasteiger partial charge in [0.2, 0.25) is 0 Å². The van der Waals surface area contributed by atoms with Gasteiger partial charge in [-0.1, -0.05) is 133 Å². The van der Waals surface area contributed by atoms with Gasteiger partial charge in [0.1, 0.15) is 0 Å². The third-order valence-electron chi connectivity index (χ3n) is 9.96. The van der Waals surface area contributed by atoms with Crippen LogP contribution in [0.5, 0.6) is 0 Å². The summed E-state index contributed by atoms with van der Waals surface area (Å²) >= 11 is 0. The highest BCUT2D eigenvalue weighted by Gasteiger charge is 2.46. The predicted octanol–water partition coefficient (Wildman–Crippen LogP) is 11.0. The zero-order valence-corrected chi connectivity index (χ0v) is 24.6. The fraction of sp³-hybridized carbons (Fsp3) is 0.0233. The lowest BCUT2D eigenvalue weighted by atomic mass is 9.62. The number of hydrogen-bond acceptors (Lipinski definition) is 1. The van der Waals surface area contributed by atoms with E-state index in [-0.39, 0.29) is 0 Å². The third kappa shape index (κ3) is 3.13. The van der Waals surface area contributed by atoms with Crippen LogP contribution >= 0.6 is 0 Å². The molecule has 2 nitrogen and oxygen atoms in total. The van der Waals surface area contributed by atoms with E-state index in [1.54, 1.807) is 0 Å². The molecule has 210 valence electrons. The SMILES string of the molecule is c1ccc(C2(c3ccccc3)c3ccccc3N(c3cc4c5ccccc5n5c6ccccc6c(c3)c45)c3ccccc32)cc1. The summed E-state index contributed by atoms with van der Waals surface area (Å²) in [5.74, 6) is 0. The second kappa shape index (κ2) is 9.07. The van der Waals surface area contributed by atoms with Crippen molar-refractivity contribution in [1.82, 2.24) is 4.40 Å².